The second-order valence-electron chi connectivity index (χ2n) is 8.06. The molecule has 4 heterocycles. The fourth-order valence-electron chi connectivity index (χ4n) is 3.90. The Kier molecular flexibility index (Phi) is 5.63. The van der Waals surface area contributed by atoms with E-state index in [1.165, 1.54) is 19.5 Å². The summed E-state index contributed by atoms with van der Waals surface area (Å²) in [4.78, 5) is 8.28. The van der Waals surface area contributed by atoms with Crippen molar-refractivity contribution >= 4 is 27.0 Å². The molecule has 4 aromatic heterocycles. The van der Waals surface area contributed by atoms with Crippen molar-refractivity contribution in [3.63, 3.8) is 0 Å². The number of halogens is 1. The van der Waals surface area contributed by atoms with Gasteiger partial charge in [-0.05, 0) is 31.9 Å². The minimum absolute atomic E-state index is 0.173. The van der Waals surface area contributed by atoms with Gasteiger partial charge in [0.25, 0.3) is 0 Å². The number of sulfone groups is 1. The van der Waals surface area contributed by atoms with E-state index in [-0.39, 0.29) is 17.6 Å². The van der Waals surface area contributed by atoms with Crippen LogP contribution in [0.4, 0.5) is 0 Å². The monoisotopic (exact) mass is 487 g/mol. The highest BCUT2D eigenvalue weighted by Crippen LogP contribution is 2.40. The third kappa shape index (κ3) is 4.11. The van der Waals surface area contributed by atoms with Crippen LogP contribution in [0, 0.1) is 0 Å². The second kappa shape index (κ2) is 8.47. The molecule has 172 valence electrons. The lowest BCUT2D eigenvalue weighted by Crippen LogP contribution is -2.30. The lowest BCUT2D eigenvalue weighted by Gasteiger charge is -2.21. The molecular weight excluding hydrogens is 466 g/mol. The number of hydrogen-bond donors (Lipinski definition) is 0. The maximum absolute atomic E-state index is 13.4. The molecule has 1 aliphatic carbocycles. The van der Waals surface area contributed by atoms with E-state index in [1.54, 1.807) is 17.6 Å². The van der Waals surface area contributed by atoms with Crippen LogP contribution in [0.25, 0.3) is 16.9 Å². The van der Waals surface area contributed by atoms with Crippen LogP contribution in [-0.4, -0.2) is 55.1 Å². The van der Waals surface area contributed by atoms with E-state index in [0.29, 0.717) is 16.7 Å². The minimum atomic E-state index is -3.69. The molecular formula is C21H22ClN7O3S. The highest BCUT2D eigenvalue weighted by molar-refractivity contribution is 7.91. The van der Waals surface area contributed by atoms with Crippen molar-refractivity contribution in [1.29, 1.82) is 0 Å². The van der Waals surface area contributed by atoms with Crippen LogP contribution in [0.3, 0.4) is 0 Å². The molecule has 10 nitrogen and oxygen atoms in total. The van der Waals surface area contributed by atoms with Gasteiger partial charge < -0.3 is 9.30 Å². The summed E-state index contributed by atoms with van der Waals surface area (Å²) in [7, 11) is -2.26. The Balaban J connectivity index is 1.48. The van der Waals surface area contributed by atoms with Gasteiger partial charge in [0.15, 0.2) is 21.5 Å². The third-order valence-corrected chi connectivity index (χ3v) is 8.05. The van der Waals surface area contributed by atoms with Crippen molar-refractivity contribution in [3.05, 3.63) is 59.7 Å². The fourth-order valence-corrected chi connectivity index (χ4v) is 5.43. The standard InChI is InChI=1S/C21H22ClN7O3S/c1-13(19(32-2)20-23-9-14(22)10-24-20)33(30,31)12-18-26-27-21(29(18)15-6-7-15)16-11-25-28-8-4-3-5-17(16)28/h3-5,8-11,13,15,19H,6-7,12H2,1-2H3/t13-,19-/m0/s1. The first-order chi connectivity index (χ1) is 15.9. The quantitative estimate of drug-likeness (QED) is 0.372. The Labute approximate surface area is 195 Å². The first kappa shape index (κ1) is 21.9. The second-order valence-corrected chi connectivity index (χ2v) is 10.9. The zero-order chi connectivity index (χ0) is 23.2. The Morgan fingerprint density at radius 3 is 2.64 bits per heavy atom. The van der Waals surface area contributed by atoms with E-state index < -0.39 is 21.2 Å². The zero-order valence-electron chi connectivity index (χ0n) is 18.0. The van der Waals surface area contributed by atoms with Crippen LogP contribution in [0.5, 0.6) is 0 Å². The summed E-state index contributed by atoms with van der Waals surface area (Å²) in [5, 5.41) is 12.5. The molecule has 12 heteroatoms. The molecule has 0 radical (unpaired) electrons. The maximum Gasteiger partial charge on any atom is 0.168 e. The molecule has 1 saturated carbocycles. The summed E-state index contributed by atoms with van der Waals surface area (Å²) in [6, 6.07) is 5.94. The van der Waals surface area contributed by atoms with Crippen LogP contribution in [0.15, 0.2) is 43.0 Å². The summed E-state index contributed by atoms with van der Waals surface area (Å²) in [6.07, 6.45) is 7.48. The lowest BCUT2D eigenvalue weighted by atomic mass is 10.2. The molecule has 1 aliphatic rings. The van der Waals surface area contributed by atoms with E-state index in [9.17, 15) is 8.42 Å². The predicted octanol–water partition coefficient (Wildman–Crippen LogP) is 3.06. The van der Waals surface area contributed by atoms with Crippen molar-refractivity contribution in [3.8, 4) is 11.4 Å². The molecule has 0 aliphatic heterocycles. The van der Waals surface area contributed by atoms with Gasteiger partial charge in [-0.25, -0.2) is 22.9 Å². The highest BCUT2D eigenvalue weighted by Gasteiger charge is 2.37. The van der Waals surface area contributed by atoms with Gasteiger partial charge in [0.05, 0.1) is 27.5 Å². The number of hydrogen-bond acceptors (Lipinski definition) is 8. The van der Waals surface area contributed by atoms with E-state index >= 15 is 0 Å². The summed E-state index contributed by atoms with van der Waals surface area (Å²) in [5.41, 5.74) is 1.70. The summed E-state index contributed by atoms with van der Waals surface area (Å²) < 4.78 is 35.9. The van der Waals surface area contributed by atoms with Crippen molar-refractivity contribution in [2.24, 2.45) is 0 Å². The molecule has 0 aromatic carbocycles. The smallest absolute Gasteiger partial charge is 0.168 e. The molecule has 0 spiro atoms. The van der Waals surface area contributed by atoms with Gasteiger partial charge in [0.2, 0.25) is 0 Å². The number of methoxy groups -OCH3 is 1. The lowest BCUT2D eigenvalue weighted by molar-refractivity contribution is 0.0948. The van der Waals surface area contributed by atoms with Gasteiger partial charge >= 0.3 is 0 Å². The number of rotatable bonds is 8. The van der Waals surface area contributed by atoms with Crippen molar-refractivity contribution in [2.45, 2.75) is 42.9 Å². The molecule has 33 heavy (non-hydrogen) atoms. The summed E-state index contributed by atoms with van der Waals surface area (Å²) in [5.74, 6) is 1.01. The van der Waals surface area contributed by atoms with Gasteiger partial charge in [-0.15, -0.1) is 10.2 Å². The van der Waals surface area contributed by atoms with Crippen molar-refractivity contribution < 1.29 is 13.2 Å². The Morgan fingerprint density at radius 2 is 1.94 bits per heavy atom. The predicted molar refractivity (Wildman–Crippen MR) is 121 cm³/mol. The van der Waals surface area contributed by atoms with Crippen molar-refractivity contribution in [2.75, 3.05) is 7.11 Å². The molecule has 0 bridgehead atoms. The molecule has 0 amide bonds. The first-order valence-electron chi connectivity index (χ1n) is 10.5. The SMILES string of the molecule is CO[C@H](c1ncc(Cl)cn1)[C@H](C)S(=O)(=O)Cc1nnc(-c2cnn3ccccc23)n1C1CC1. The maximum atomic E-state index is 13.4. The normalized spacial score (nSPS) is 16.2. The topological polar surface area (TPSA) is 117 Å². The van der Waals surface area contributed by atoms with Gasteiger partial charge in [0, 0.05) is 31.7 Å². The number of nitrogens with zero attached hydrogens (tertiary/aromatic N) is 7. The van der Waals surface area contributed by atoms with E-state index in [2.05, 4.69) is 25.3 Å². The number of fused-ring (bicyclic) bond motifs is 1. The molecule has 2 atom stereocenters. The third-order valence-electron chi connectivity index (χ3n) is 5.82. The van der Waals surface area contributed by atoms with Gasteiger partial charge in [-0.1, -0.05) is 17.7 Å². The number of aromatic nitrogens is 7. The minimum Gasteiger partial charge on any atom is -0.372 e. The average Bonchev–Trinajstić information content (AvgIpc) is 3.43. The van der Waals surface area contributed by atoms with Crippen LogP contribution in [0.2, 0.25) is 5.02 Å². The van der Waals surface area contributed by atoms with E-state index in [1.807, 2.05) is 29.0 Å². The molecule has 0 unspecified atom stereocenters. The molecule has 0 N–H and O–H groups in total. The number of pyridine rings is 1. The Hall–Kier alpha value is -2.89. The van der Waals surface area contributed by atoms with E-state index in [0.717, 1.165) is 23.9 Å². The first-order valence-corrected chi connectivity index (χ1v) is 12.6. The highest BCUT2D eigenvalue weighted by atomic mass is 35.5. The summed E-state index contributed by atoms with van der Waals surface area (Å²) >= 11 is 5.86. The Bertz CT molecular complexity index is 1400. The Morgan fingerprint density at radius 1 is 1.18 bits per heavy atom. The van der Waals surface area contributed by atoms with Gasteiger partial charge in [-0.2, -0.15) is 5.10 Å². The molecule has 4 aromatic rings. The van der Waals surface area contributed by atoms with Crippen molar-refractivity contribution in [1.82, 2.24) is 34.3 Å². The largest absolute Gasteiger partial charge is 0.372 e. The molecule has 0 saturated heterocycles. The molecule has 5 rings (SSSR count). The molecule has 1 fully saturated rings. The van der Waals surface area contributed by atoms with Gasteiger partial charge in [0.1, 0.15) is 17.7 Å². The average molecular weight is 488 g/mol. The van der Waals surface area contributed by atoms with Crippen LogP contribution in [0.1, 0.15) is 43.6 Å². The van der Waals surface area contributed by atoms with E-state index in [4.69, 9.17) is 16.3 Å². The number of ether oxygens (including phenoxy) is 1. The summed E-state index contributed by atoms with van der Waals surface area (Å²) in [6.45, 7) is 1.59. The van der Waals surface area contributed by atoms with Crippen LogP contribution >= 0.6 is 11.6 Å². The fraction of sp³-hybridized carbons (Fsp3) is 0.381. The zero-order valence-corrected chi connectivity index (χ0v) is 19.6. The van der Waals surface area contributed by atoms with Crippen LogP contribution < -0.4 is 0 Å². The van der Waals surface area contributed by atoms with Gasteiger partial charge in [-0.3, -0.25) is 0 Å². The van der Waals surface area contributed by atoms with Crippen LogP contribution in [-0.2, 0) is 20.3 Å².